The Labute approximate surface area is 172 Å². The van der Waals surface area contributed by atoms with E-state index in [4.69, 9.17) is 10.5 Å². The summed E-state index contributed by atoms with van der Waals surface area (Å²) >= 11 is 0. The van der Waals surface area contributed by atoms with Gasteiger partial charge in [-0.25, -0.2) is 4.98 Å². The van der Waals surface area contributed by atoms with E-state index in [9.17, 15) is 4.79 Å². The number of hydrogen-bond donors (Lipinski definition) is 1. The van der Waals surface area contributed by atoms with Crippen molar-refractivity contribution in [3.05, 3.63) is 52.8 Å². The second-order valence-corrected chi connectivity index (χ2v) is 8.38. The van der Waals surface area contributed by atoms with Crippen molar-refractivity contribution in [3.63, 3.8) is 0 Å². The Morgan fingerprint density at radius 1 is 1.20 bits per heavy atom. The van der Waals surface area contributed by atoms with Gasteiger partial charge in [0.15, 0.2) is 11.3 Å². The normalized spacial score (nSPS) is 20.8. The summed E-state index contributed by atoms with van der Waals surface area (Å²) in [5.41, 5.74) is 8.75. The summed E-state index contributed by atoms with van der Waals surface area (Å²) in [4.78, 5) is 18.2. The van der Waals surface area contributed by atoms with Crippen LogP contribution in [0.2, 0.25) is 0 Å². The molecule has 2 fully saturated rings. The molecule has 1 aromatic carbocycles. The number of fused-ring (bicyclic) bond motifs is 3. The number of ether oxygens (including phenoxy) is 1. The number of hydrogen-bond acceptors (Lipinski definition) is 6. The Bertz CT molecular complexity index is 1310. The minimum Gasteiger partial charge on any atom is -0.376 e. The second-order valence-electron chi connectivity index (χ2n) is 8.38. The molecular weight excluding hydrogens is 382 g/mol. The van der Waals surface area contributed by atoms with Gasteiger partial charge >= 0.3 is 0 Å². The van der Waals surface area contributed by atoms with Gasteiger partial charge in [-0.2, -0.15) is 4.68 Å². The van der Waals surface area contributed by atoms with Crippen molar-refractivity contribution >= 4 is 16.6 Å². The molecule has 4 aromatic rings. The molecule has 3 aromatic heterocycles. The topological polar surface area (TPSA) is 105 Å². The summed E-state index contributed by atoms with van der Waals surface area (Å²) in [5, 5.41) is 8.45. The van der Waals surface area contributed by atoms with E-state index in [2.05, 4.69) is 15.3 Å². The Morgan fingerprint density at radius 3 is 2.80 bits per heavy atom. The average molecular weight is 405 g/mol. The van der Waals surface area contributed by atoms with E-state index in [-0.39, 0.29) is 17.2 Å². The molecule has 6 rings (SSSR count). The van der Waals surface area contributed by atoms with Crippen LogP contribution < -0.4 is 11.3 Å². The molecule has 1 saturated heterocycles. The minimum absolute atomic E-state index is 0.0404. The zero-order valence-electron chi connectivity index (χ0n) is 16.6. The molecule has 0 bridgehead atoms. The highest BCUT2D eigenvalue weighted by Crippen LogP contribution is 2.41. The number of benzene rings is 1. The molecule has 2 aliphatic rings. The van der Waals surface area contributed by atoms with Crippen molar-refractivity contribution in [1.29, 1.82) is 0 Å². The highest BCUT2D eigenvalue weighted by atomic mass is 16.5. The summed E-state index contributed by atoms with van der Waals surface area (Å²) in [6.45, 7) is 1.27. The molecule has 1 aliphatic carbocycles. The van der Waals surface area contributed by atoms with E-state index in [1.54, 1.807) is 17.2 Å². The fourth-order valence-corrected chi connectivity index (χ4v) is 4.34. The standard InChI is InChI=1S/C21H23N7O2/c22-21(8-9-21)17-12-28(25-24-17)19-18-20(29)26(11-14-5-3-4-10-30-14)15-6-1-2-7-16(15)27(18)13-23-19/h1-2,6-7,12-14H,3-5,8-11,22H2. The maximum absolute atomic E-state index is 13.6. The third-order valence-electron chi connectivity index (χ3n) is 6.30. The lowest BCUT2D eigenvalue weighted by Gasteiger charge is -2.24. The molecule has 2 N–H and O–H groups in total. The fourth-order valence-electron chi connectivity index (χ4n) is 4.34. The first-order chi connectivity index (χ1) is 14.6. The zero-order chi connectivity index (χ0) is 20.3. The molecule has 9 heteroatoms. The summed E-state index contributed by atoms with van der Waals surface area (Å²) in [5.74, 6) is 0.465. The van der Waals surface area contributed by atoms with Crippen molar-refractivity contribution in [2.75, 3.05) is 6.61 Å². The Morgan fingerprint density at radius 2 is 2.03 bits per heavy atom. The summed E-state index contributed by atoms with van der Waals surface area (Å²) in [7, 11) is 0. The molecule has 30 heavy (non-hydrogen) atoms. The van der Waals surface area contributed by atoms with E-state index in [0.29, 0.717) is 17.9 Å². The van der Waals surface area contributed by atoms with Crippen molar-refractivity contribution in [1.82, 2.24) is 28.9 Å². The molecular formula is C21H23N7O2. The van der Waals surface area contributed by atoms with Gasteiger partial charge < -0.3 is 15.0 Å². The molecule has 1 unspecified atom stereocenters. The van der Waals surface area contributed by atoms with E-state index < -0.39 is 0 Å². The lowest BCUT2D eigenvalue weighted by Crippen LogP contribution is -2.32. The first kappa shape index (κ1) is 17.8. The highest BCUT2D eigenvalue weighted by Gasteiger charge is 2.43. The van der Waals surface area contributed by atoms with E-state index in [0.717, 1.165) is 55.4 Å². The molecule has 0 spiro atoms. The Hall–Kier alpha value is -3.04. The third kappa shape index (κ3) is 2.69. The number of nitrogens with two attached hydrogens (primary N) is 1. The largest absolute Gasteiger partial charge is 0.376 e. The van der Waals surface area contributed by atoms with Gasteiger partial charge in [0.1, 0.15) is 12.0 Å². The second kappa shape index (κ2) is 6.48. The molecule has 0 radical (unpaired) electrons. The molecule has 1 atom stereocenters. The fraction of sp³-hybridized carbons (Fsp3) is 0.429. The first-order valence-corrected chi connectivity index (χ1v) is 10.5. The molecule has 154 valence electrons. The van der Waals surface area contributed by atoms with Crippen LogP contribution in [0.4, 0.5) is 0 Å². The van der Waals surface area contributed by atoms with Crippen LogP contribution in [-0.2, 0) is 16.8 Å². The number of nitrogens with zero attached hydrogens (tertiary/aromatic N) is 6. The molecule has 0 amide bonds. The molecule has 1 saturated carbocycles. The molecule has 1 aliphatic heterocycles. The summed E-state index contributed by atoms with van der Waals surface area (Å²) in [6.07, 6.45) is 8.46. The van der Waals surface area contributed by atoms with Crippen molar-refractivity contribution in [2.45, 2.75) is 50.3 Å². The number of para-hydroxylation sites is 2. The minimum atomic E-state index is -0.390. The van der Waals surface area contributed by atoms with Crippen LogP contribution in [0.1, 0.15) is 37.8 Å². The van der Waals surface area contributed by atoms with Gasteiger partial charge in [-0.15, -0.1) is 5.10 Å². The van der Waals surface area contributed by atoms with Crippen LogP contribution in [0.25, 0.3) is 22.4 Å². The van der Waals surface area contributed by atoms with Gasteiger partial charge in [-0.3, -0.25) is 9.20 Å². The quantitative estimate of drug-likeness (QED) is 0.555. The van der Waals surface area contributed by atoms with Crippen LogP contribution in [0.5, 0.6) is 0 Å². The van der Waals surface area contributed by atoms with Crippen LogP contribution >= 0.6 is 0 Å². The smallest absolute Gasteiger partial charge is 0.279 e. The summed E-state index contributed by atoms with van der Waals surface area (Å²) in [6, 6.07) is 7.88. The molecule has 9 nitrogen and oxygen atoms in total. The van der Waals surface area contributed by atoms with E-state index in [1.165, 1.54) is 0 Å². The van der Waals surface area contributed by atoms with Crippen molar-refractivity contribution < 1.29 is 4.74 Å². The maximum atomic E-state index is 13.6. The van der Waals surface area contributed by atoms with Gasteiger partial charge in [-0.05, 0) is 44.2 Å². The first-order valence-electron chi connectivity index (χ1n) is 10.5. The number of aromatic nitrogens is 6. The zero-order valence-corrected chi connectivity index (χ0v) is 16.6. The van der Waals surface area contributed by atoms with Crippen LogP contribution in [-0.4, -0.2) is 41.7 Å². The van der Waals surface area contributed by atoms with Gasteiger partial charge in [-0.1, -0.05) is 17.3 Å². The van der Waals surface area contributed by atoms with Crippen LogP contribution in [0, 0.1) is 0 Å². The van der Waals surface area contributed by atoms with Crippen molar-refractivity contribution in [3.8, 4) is 5.82 Å². The summed E-state index contributed by atoms with van der Waals surface area (Å²) < 4.78 is 11.1. The van der Waals surface area contributed by atoms with Gasteiger partial charge in [0, 0.05) is 6.61 Å². The predicted molar refractivity (Wildman–Crippen MR) is 111 cm³/mol. The Balaban J connectivity index is 1.54. The number of imidazole rings is 1. The van der Waals surface area contributed by atoms with E-state index in [1.807, 2.05) is 33.2 Å². The highest BCUT2D eigenvalue weighted by molar-refractivity contribution is 5.80. The lowest BCUT2D eigenvalue weighted by atomic mass is 10.1. The van der Waals surface area contributed by atoms with E-state index >= 15 is 0 Å². The van der Waals surface area contributed by atoms with Gasteiger partial charge in [0.2, 0.25) is 0 Å². The van der Waals surface area contributed by atoms with Gasteiger partial charge in [0.05, 0.1) is 35.4 Å². The SMILES string of the molecule is NC1(c2cn(-c3ncn4c3c(=O)n(CC3CCCCO3)c3ccccc34)nn2)CC1. The average Bonchev–Trinajstić information content (AvgIpc) is 3.19. The van der Waals surface area contributed by atoms with Gasteiger partial charge in [0.25, 0.3) is 5.56 Å². The van der Waals surface area contributed by atoms with Crippen LogP contribution in [0.3, 0.4) is 0 Å². The number of rotatable bonds is 4. The monoisotopic (exact) mass is 405 g/mol. The maximum Gasteiger partial charge on any atom is 0.279 e. The molecule has 4 heterocycles. The van der Waals surface area contributed by atoms with Crippen molar-refractivity contribution in [2.24, 2.45) is 5.73 Å². The third-order valence-corrected chi connectivity index (χ3v) is 6.30. The lowest BCUT2D eigenvalue weighted by molar-refractivity contribution is 0.00619. The Kier molecular flexibility index (Phi) is 3.84. The predicted octanol–water partition coefficient (Wildman–Crippen LogP) is 1.75. The van der Waals surface area contributed by atoms with Crippen LogP contribution in [0.15, 0.2) is 41.6 Å².